The van der Waals surface area contributed by atoms with Crippen LogP contribution in [0, 0.1) is 0 Å². The van der Waals surface area contributed by atoms with Crippen LogP contribution in [0.4, 0.5) is 0 Å². The van der Waals surface area contributed by atoms with Crippen LogP contribution in [0.1, 0.15) is 12.8 Å². The molecule has 0 aromatic heterocycles. The van der Waals surface area contributed by atoms with Gasteiger partial charge in [0.15, 0.2) is 0 Å². The normalized spacial score (nSPS) is 13.4. The first kappa shape index (κ1) is 10.8. The molecule has 1 atom stereocenters. The third kappa shape index (κ3) is 7.74. The van der Waals surface area contributed by atoms with Crippen LogP contribution in [0.5, 0.6) is 0 Å². The highest BCUT2D eigenvalue weighted by atomic mass is 16.6. The zero-order valence-electron chi connectivity index (χ0n) is 7.05. The predicted molar refractivity (Wildman–Crippen MR) is 44.2 cm³/mol. The number of hydrogen-bond donors (Lipinski definition) is 3. The van der Waals surface area contributed by atoms with Crippen LogP contribution < -0.4 is 11.1 Å². The Morgan fingerprint density at radius 1 is 1.64 bits per heavy atom. The SMILES string of the molecule is CNCCCC(N)COCO. The molecule has 0 aliphatic carbocycles. The van der Waals surface area contributed by atoms with E-state index in [9.17, 15) is 0 Å². The van der Waals surface area contributed by atoms with Gasteiger partial charge >= 0.3 is 0 Å². The standard InChI is InChI=1S/C7H18N2O2/c1-9-4-2-3-7(8)5-11-6-10/h7,9-10H,2-6,8H2,1H3. The molecule has 0 aromatic carbocycles. The molecule has 4 nitrogen and oxygen atoms in total. The average molecular weight is 162 g/mol. The van der Waals surface area contributed by atoms with Crippen molar-refractivity contribution in [2.24, 2.45) is 5.73 Å². The Labute approximate surface area is 67.7 Å². The van der Waals surface area contributed by atoms with Crippen LogP contribution in [-0.4, -0.2) is 38.1 Å². The minimum atomic E-state index is -0.236. The van der Waals surface area contributed by atoms with Gasteiger partial charge in [0.25, 0.3) is 0 Å². The monoisotopic (exact) mass is 162 g/mol. The summed E-state index contributed by atoms with van der Waals surface area (Å²) in [5.41, 5.74) is 5.64. The molecule has 68 valence electrons. The van der Waals surface area contributed by atoms with Gasteiger partial charge in [-0.15, -0.1) is 0 Å². The van der Waals surface area contributed by atoms with Crippen molar-refractivity contribution in [3.05, 3.63) is 0 Å². The average Bonchev–Trinajstić information content (AvgIpc) is 2.01. The van der Waals surface area contributed by atoms with E-state index in [2.05, 4.69) is 5.32 Å². The molecule has 4 N–H and O–H groups in total. The van der Waals surface area contributed by atoms with Crippen molar-refractivity contribution in [2.75, 3.05) is 27.0 Å². The number of ether oxygens (including phenoxy) is 1. The lowest BCUT2D eigenvalue weighted by Gasteiger charge is -2.09. The number of aliphatic hydroxyl groups is 1. The molecular formula is C7H18N2O2. The topological polar surface area (TPSA) is 67.5 Å². The van der Waals surface area contributed by atoms with Crippen LogP contribution in [-0.2, 0) is 4.74 Å². The van der Waals surface area contributed by atoms with Crippen molar-refractivity contribution in [1.29, 1.82) is 0 Å². The smallest absolute Gasteiger partial charge is 0.143 e. The van der Waals surface area contributed by atoms with E-state index in [0.29, 0.717) is 6.61 Å². The van der Waals surface area contributed by atoms with E-state index in [0.717, 1.165) is 19.4 Å². The number of rotatable bonds is 7. The maximum Gasteiger partial charge on any atom is 0.143 e. The van der Waals surface area contributed by atoms with E-state index in [1.54, 1.807) is 0 Å². The van der Waals surface area contributed by atoms with Gasteiger partial charge in [-0.1, -0.05) is 0 Å². The minimum Gasteiger partial charge on any atom is -0.371 e. The Morgan fingerprint density at radius 2 is 2.36 bits per heavy atom. The van der Waals surface area contributed by atoms with Crippen LogP contribution in [0.25, 0.3) is 0 Å². The van der Waals surface area contributed by atoms with Crippen molar-refractivity contribution in [3.63, 3.8) is 0 Å². The van der Waals surface area contributed by atoms with Crippen LogP contribution in [0.15, 0.2) is 0 Å². The highest BCUT2D eigenvalue weighted by molar-refractivity contribution is 4.59. The Kier molecular flexibility index (Phi) is 7.83. The number of nitrogens with one attached hydrogen (secondary N) is 1. The van der Waals surface area contributed by atoms with Gasteiger partial charge in [-0.3, -0.25) is 0 Å². The van der Waals surface area contributed by atoms with Gasteiger partial charge in [0.2, 0.25) is 0 Å². The molecule has 0 aliphatic rings. The number of nitrogens with two attached hydrogens (primary N) is 1. The lowest BCUT2D eigenvalue weighted by molar-refractivity contribution is -0.00795. The summed E-state index contributed by atoms with van der Waals surface area (Å²) in [5.74, 6) is 0. The summed E-state index contributed by atoms with van der Waals surface area (Å²) >= 11 is 0. The predicted octanol–water partition coefficient (Wildman–Crippen LogP) is -0.720. The highest BCUT2D eigenvalue weighted by Gasteiger charge is 2.00. The molecule has 0 bridgehead atoms. The summed E-state index contributed by atoms with van der Waals surface area (Å²) in [6.07, 6.45) is 1.98. The third-order valence-electron chi connectivity index (χ3n) is 1.42. The van der Waals surface area contributed by atoms with Crippen molar-refractivity contribution in [3.8, 4) is 0 Å². The Hall–Kier alpha value is -0.160. The van der Waals surface area contributed by atoms with Gasteiger partial charge in [-0.05, 0) is 26.4 Å². The molecule has 0 fully saturated rings. The largest absolute Gasteiger partial charge is 0.371 e. The second-order valence-corrected chi connectivity index (χ2v) is 2.51. The van der Waals surface area contributed by atoms with E-state index in [-0.39, 0.29) is 12.8 Å². The highest BCUT2D eigenvalue weighted by Crippen LogP contribution is 1.93. The van der Waals surface area contributed by atoms with Gasteiger partial charge in [0, 0.05) is 6.04 Å². The summed E-state index contributed by atoms with van der Waals surface area (Å²) in [7, 11) is 1.91. The van der Waals surface area contributed by atoms with E-state index >= 15 is 0 Å². The second-order valence-electron chi connectivity index (χ2n) is 2.51. The van der Waals surface area contributed by atoms with Gasteiger partial charge in [0.05, 0.1) is 6.61 Å². The molecule has 0 rings (SSSR count). The maximum atomic E-state index is 8.30. The number of hydrogen-bond acceptors (Lipinski definition) is 4. The fourth-order valence-electron chi connectivity index (χ4n) is 0.828. The summed E-state index contributed by atoms with van der Waals surface area (Å²) in [6.45, 7) is 1.19. The molecule has 0 spiro atoms. The van der Waals surface area contributed by atoms with Crippen LogP contribution >= 0.6 is 0 Å². The zero-order valence-corrected chi connectivity index (χ0v) is 7.05. The second kappa shape index (κ2) is 7.94. The molecule has 0 radical (unpaired) electrons. The van der Waals surface area contributed by atoms with E-state index in [1.165, 1.54) is 0 Å². The summed E-state index contributed by atoms with van der Waals surface area (Å²) < 4.78 is 4.74. The first-order valence-electron chi connectivity index (χ1n) is 3.90. The number of aliphatic hydroxyl groups excluding tert-OH is 1. The summed E-state index contributed by atoms with van der Waals surface area (Å²) in [6, 6.07) is 0.0514. The summed E-state index contributed by atoms with van der Waals surface area (Å²) in [5, 5.41) is 11.3. The van der Waals surface area contributed by atoms with Crippen molar-refractivity contribution >= 4 is 0 Å². The Bertz CT molecular complexity index is 80.8. The first-order valence-corrected chi connectivity index (χ1v) is 3.90. The van der Waals surface area contributed by atoms with Crippen LogP contribution in [0.3, 0.4) is 0 Å². The van der Waals surface area contributed by atoms with Gasteiger partial charge < -0.3 is 20.9 Å². The third-order valence-corrected chi connectivity index (χ3v) is 1.42. The molecule has 0 aliphatic heterocycles. The van der Waals surface area contributed by atoms with Gasteiger partial charge in [-0.25, -0.2) is 0 Å². The van der Waals surface area contributed by atoms with Crippen molar-refractivity contribution in [1.82, 2.24) is 5.32 Å². The van der Waals surface area contributed by atoms with Crippen molar-refractivity contribution in [2.45, 2.75) is 18.9 Å². The molecular weight excluding hydrogens is 144 g/mol. The molecule has 0 saturated carbocycles. The quantitative estimate of drug-likeness (QED) is 0.341. The molecule has 1 unspecified atom stereocenters. The summed E-state index contributed by atoms with van der Waals surface area (Å²) in [4.78, 5) is 0. The van der Waals surface area contributed by atoms with E-state index in [1.807, 2.05) is 7.05 Å². The van der Waals surface area contributed by atoms with Crippen molar-refractivity contribution < 1.29 is 9.84 Å². The molecule has 0 amide bonds. The fraction of sp³-hybridized carbons (Fsp3) is 1.00. The van der Waals surface area contributed by atoms with E-state index < -0.39 is 0 Å². The van der Waals surface area contributed by atoms with Gasteiger partial charge in [-0.2, -0.15) is 0 Å². The first-order chi connectivity index (χ1) is 5.31. The minimum absolute atomic E-state index is 0.0514. The fourth-order valence-corrected chi connectivity index (χ4v) is 0.828. The Morgan fingerprint density at radius 3 is 2.91 bits per heavy atom. The van der Waals surface area contributed by atoms with Gasteiger partial charge in [0.1, 0.15) is 6.79 Å². The molecule has 4 heteroatoms. The lowest BCUT2D eigenvalue weighted by Crippen LogP contribution is -2.27. The zero-order chi connectivity index (χ0) is 8.53. The maximum absolute atomic E-state index is 8.30. The van der Waals surface area contributed by atoms with E-state index in [4.69, 9.17) is 15.6 Å². The molecule has 0 heterocycles. The van der Waals surface area contributed by atoms with Crippen LogP contribution in [0.2, 0.25) is 0 Å². The lowest BCUT2D eigenvalue weighted by atomic mass is 10.2. The molecule has 0 saturated heterocycles. The molecule has 0 aromatic rings. The Balaban J connectivity index is 3.02. The molecule has 11 heavy (non-hydrogen) atoms.